The van der Waals surface area contributed by atoms with Gasteiger partial charge in [0.25, 0.3) is 5.19 Å². The smallest absolute Gasteiger partial charge is 0.273 e. The molecular weight excluding hydrogens is 1520 g/mol. The number of likely N-dealkylation sites (tertiary alicyclic amines) is 6. The van der Waals surface area contributed by atoms with Crippen molar-refractivity contribution in [1.29, 1.82) is 5.26 Å². The van der Waals surface area contributed by atoms with Crippen molar-refractivity contribution in [3.8, 4) is 22.8 Å². The highest BCUT2D eigenvalue weighted by atomic mass is 32.1. The second kappa shape index (κ2) is 36.6. The molecule has 6 aromatic rings. The van der Waals surface area contributed by atoms with E-state index in [0.717, 1.165) is 88.3 Å². The second-order valence-corrected chi connectivity index (χ2v) is 42.5. The van der Waals surface area contributed by atoms with Gasteiger partial charge in [-0.2, -0.15) is 5.26 Å². The highest BCUT2D eigenvalue weighted by Crippen LogP contribution is 2.43. The lowest BCUT2D eigenvalue weighted by atomic mass is 9.84. The van der Waals surface area contributed by atoms with E-state index in [1.54, 1.807) is 55.2 Å². The van der Waals surface area contributed by atoms with E-state index in [1.165, 1.54) is 114 Å². The molecule has 27 heteroatoms. The van der Waals surface area contributed by atoms with E-state index in [2.05, 4.69) is 219 Å². The SMILES string of the molecule is CC(C)(C)N1CC2CC(C1)N2Cc1cc[nH]c(=O)c1.CC(C)(C)N1CC2CC(C1)N2Cc1ccc(=O)[nH]c1.CC(C)(C)N1CC2CC(C1)N2Cc1ccc(C#N)nc1.COc1ccnc(CN2C3CC2CN(C(C)(C)C)C3)c1F.COc1cnc(CN2C3CC2CN(C(C)(C)C)C3)c(F)c1.COc1ncc(CN2C3CC2CN(C(C)(C)C)C3)s1. The van der Waals surface area contributed by atoms with E-state index in [4.69, 9.17) is 19.5 Å². The van der Waals surface area contributed by atoms with Gasteiger partial charge in [-0.1, -0.05) is 23.5 Å². The van der Waals surface area contributed by atoms with Crippen molar-refractivity contribution in [1.82, 2.24) is 88.7 Å². The molecule has 652 valence electrons. The molecule has 6 aromatic heterocycles. The van der Waals surface area contributed by atoms with Crippen LogP contribution in [0.25, 0.3) is 0 Å². The number of aromatic amines is 2. The number of methoxy groups -OCH3 is 3. The van der Waals surface area contributed by atoms with Crippen molar-refractivity contribution in [3.63, 3.8) is 0 Å². The molecule has 0 amide bonds. The minimum absolute atomic E-state index is 0.000462. The summed E-state index contributed by atoms with van der Waals surface area (Å²) in [5.41, 5.74) is 6.59. The summed E-state index contributed by atoms with van der Waals surface area (Å²) in [6.45, 7) is 59.9. The topological polar surface area (TPSA) is 208 Å². The van der Waals surface area contributed by atoms with Crippen LogP contribution in [0.1, 0.15) is 202 Å². The van der Waals surface area contributed by atoms with Gasteiger partial charge in [-0.3, -0.25) is 78.4 Å². The number of hydrogen-bond donors (Lipinski definition) is 2. The first-order valence-electron chi connectivity index (χ1n) is 43.7. The Kier molecular flexibility index (Phi) is 27.7. The Morgan fingerprint density at radius 2 is 0.807 bits per heavy atom. The van der Waals surface area contributed by atoms with Crippen LogP contribution < -0.4 is 25.3 Å². The second-order valence-electron chi connectivity index (χ2n) is 41.4. The Morgan fingerprint density at radius 1 is 0.412 bits per heavy atom. The average Bonchev–Trinajstić information content (AvgIpc) is 1.33. The minimum atomic E-state index is -0.322. The molecular formula is C92H139F2N19O5S. The van der Waals surface area contributed by atoms with Crippen molar-refractivity contribution < 1.29 is 23.0 Å². The number of rotatable bonds is 15. The highest BCUT2D eigenvalue weighted by Gasteiger charge is 2.53. The molecule has 24 nitrogen and oxygen atoms in total. The molecule has 21 heterocycles. The van der Waals surface area contributed by atoms with Crippen LogP contribution in [-0.4, -0.2) is 294 Å². The number of halogens is 2. The number of thiazole rings is 1. The summed E-state index contributed by atoms with van der Waals surface area (Å²) >= 11 is 1.67. The molecule has 15 fully saturated rings. The van der Waals surface area contributed by atoms with Crippen molar-refractivity contribution in [2.45, 2.75) is 308 Å². The van der Waals surface area contributed by atoms with Gasteiger partial charge in [-0.25, -0.2) is 18.7 Å². The first-order valence-corrected chi connectivity index (χ1v) is 44.5. The molecule has 0 saturated carbocycles. The Morgan fingerprint density at radius 3 is 1.15 bits per heavy atom. The van der Waals surface area contributed by atoms with E-state index >= 15 is 0 Å². The van der Waals surface area contributed by atoms with Gasteiger partial charge < -0.3 is 24.2 Å². The van der Waals surface area contributed by atoms with Crippen LogP contribution in [0.15, 0.2) is 95.3 Å². The lowest BCUT2D eigenvalue weighted by Gasteiger charge is -2.59. The third kappa shape index (κ3) is 21.7. The third-order valence-corrected chi connectivity index (χ3v) is 28.4. The number of piperidine rings is 6. The molecule has 0 spiro atoms. The Balaban J connectivity index is 0.000000124. The van der Waals surface area contributed by atoms with E-state index in [-0.39, 0.29) is 56.2 Å². The van der Waals surface area contributed by atoms with Gasteiger partial charge in [-0.15, -0.1) is 0 Å². The van der Waals surface area contributed by atoms with Gasteiger partial charge in [0.05, 0.1) is 38.9 Å². The number of piperazine rings is 6. The molecule has 0 aliphatic carbocycles. The number of nitriles is 1. The Labute approximate surface area is 711 Å². The van der Waals surface area contributed by atoms with Gasteiger partial charge in [0, 0.05) is 284 Å². The highest BCUT2D eigenvalue weighted by molar-refractivity contribution is 7.13. The van der Waals surface area contributed by atoms with E-state index in [0.29, 0.717) is 102 Å². The third-order valence-electron chi connectivity index (χ3n) is 27.5. The minimum Gasteiger partial charge on any atom is -0.495 e. The van der Waals surface area contributed by atoms with Crippen LogP contribution in [0.3, 0.4) is 0 Å². The predicted octanol–water partition coefficient (Wildman–Crippen LogP) is 11.7. The van der Waals surface area contributed by atoms with Crippen LogP contribution >= 0.6 is 11.3 Å². The summed E-state index contributed by atoms with van der Waals surface area (Å²) in [4.78, 5) is 76.5. The number of hydrogen-bond acceptors (Lipinski definition) is 23. The van der Waals surface area contributed by atoms with Crippen LogP contribution in [-0.2, 0) is 39.3 Å². The summed E-state index contributed by atoms with van der Waals surface area (Å²) in [6, 6.07) is 23.8. The summed E-state index contributed by atoms with van der Waals surface area (Å²) in [6.07, 6.45) is 18.4. The number of ether oxygens (including phenoxy) is 3. The molecule has 12 atom stereocenters. The standard InChI is InChI=1S/2C16H24FN3O.C16H22N4.2C15H23N3O.C14H23N3OS/c1-16(2,3)19-8-11-5-12(9-19)20(11)10-15-14(17)6-13(21-4)7-18-15;1-16(2,3)19-8-11-7-12(9-19)20(11)10-13-15(17)14(21-4)5-6-18-13;1-16(2,3)19-10-14-6-15(11-19)20(14)9-12-4-5-13(7-17)18-8-12;1-15(2,3)17-9-12-6-13(10-17)18(12)8-11-4-5-14(19)16-7-11;1-15(2,3)17-9-12-7-13(10-17)18(12)8-11-4-5-16-14(19)6-11;1-14(2,3)16-7-10-5-11(8-16)17(10)9-12-6-15-13(18-4)19-12/h6-7,11-12H,5,8-10H2,1-4H3;5-6,11-12H,7-10H2,1-4H3;4-5,8,14-15H,6,9-11H2,1-3H3;4-5,7,12-13H,6,8-10H2,1-3H3,(H,16,19);4-6,12-13H,7-10H2,1-3H3,(H,16,19);6,10-11H,5,7-9H2,1-4H3. The maximum Gasteiger partial charge on any atom is 0.273 e. The molecule has 119 heavy (non-hydrogen) atoms. The molecule has 15 aliphatic heterocycles. The number of aromatic nitrogens is 6. The summed E-state index contributed by atoms with van der Waals surface area (Å²) in [5, 5.41) is 9.55. The molecule has 21 rings (SSSR count). The fraction of sp³-hybridized carbons (Fsp3) is 0.685. The number of H-pyrrole nitrogens is 2. The van der Waals surface area contributed by atoms with Gasteiger partial charge in [-0.05, 0) is 192 Å². The molecule has 15 saturated heterocycles. The monoisotopic (exact) mass is 1660 g/mol. The summed E-state index contributed by atoms with van der Waals surface area (Å²) < 4.78 is 43.4. The zero-order valence-corrected chi connectivity index (χ0v) is 76.1. The Bertz CT molecular complexity index is 4440. The van der Waals surface area contributed by atoms with Crippen molar-refractivity contribution in [2.75, 3.05) is 99.9 Å². The maximum absolute atomic E-state index is 14.2. The zero-order valence-electron chi connectivity index (χ0n) is 75.3. The number of pyridine rings is 5. The molecule has 0 radical (unpaired) electrons. The molecule has 15 aliphatic rings. The predicted molar refractivity (Wildman–Crippen MR) is 468 cm³/mol. The van der Waals surface area contributed by atoms with Crippen molar-refractivity contribution in [3.05, 3.63) is 157 Å². The molecule has 2 N–H and O–H groups in total. The van der Waals surface area contributed by atoms with Gasteiger partial charge in [0.15, 0.2) is 11.6 Å². The summed E-state index contributed by atoms with van der Waals surface area (Å²) in [5.74, 6) is 0.158. The average molecular weight is 1660 g/mol. The van der Waals surface area contributed by atoms with E-state index < -0.39 is 0 Å². The van der Waals surface area contributed by atoms with Crippen molar-refractivity contribution >= 4 is 11.3 Å². The fourth-order valence-corrected chi connectivity index (χ4v) is 20.4. The molecule has 0 aromatic carbocycles. The normalized spacial score (nSPS) is 27.4. The number of fused-ring (bicyclic) bond motifs is 12. The molecule has 12 unspecified atom stereocenters. The lowest BCUT2D eigenvalue weighted by molar-refractivity contribution is -0.101. The van der Waals surface area contributed by atoms with Crippen molar-refractivity contribution in [2.24, 2.45) is 0 Å². The number of nitrogens with one attached hydrogen (secondary N) is 2. The van der Waals surface area contributed by atoms with Crippen LogP contribution in [0, 0.1) is 23.0 Å². The lowest BCUT2D eigenvalue weighted by Crippen LogP contribution is -2.70. The van der Waals surface area contributed by atoms with Crippen LogP contribution in [0.5, 0.6) is 16.7 Å². The summed E-state index contributed by atoms with van der Waals surface area (Å²) in [7, 11) is 4.70. The van der Waals surface area contributed by atoms with E-state index in [9.17, 15) is 18.4 Å². The van der Waals surface area contributed by atoms with Gasteiger partial charge in [0.2, 0.25) is 11.1 Å². The fourth-order valence-electron chi connectivity index (χ4n) is 19.7. The van der Waals surface area contributed by atoms with Gasteiger partial charge in [0.1, 0.15) is 23.3 Å². The van der Waals surface area contributed by atoms with Gasteiger partial charge >= 0.3 is 0 Å². The first-order chi connectivity index (χ1) is 56.1. The number of nitrogens with zero attached hydrogens (tertiary/aromatic N) is 17. The quantitative estimate of drug-likeness (QED) is 0.0980. The van der Waals surface area contributed by atoms with Crippen LogP contribution in [0.2, 0.25) is 0 Å². The zero-order chi connectivity index (χ0) is 85.6. The molecule has 12 bridgehead atoms. The van der Waals surface area contributed by atoms with E-state index in [1.807, 2.05) is 42.9 Å². The van der Waals surface area contributed by atoms with Crippen LogP contribution in [0.4, 0.5) is 8.78 Å². The largest absolute Gasteiger partial charge is 0.495 e. The Hall–Kier alpha value is -6.75. The maximum atomic E-state index is 14.2. The first kappa shape index (κ1) is 90.0.